The Morgan fingerprint density at radius 1 is 1.11 bits per heavy atom. The molecule has 0 spiro atoms. The average molecular weight is 650 g/mol. The molecule has 7 nitrogen and oxygen atoms in total. The van der Waals surface area contributed by atoms with Crippen LogP contribution in [0.5, 0.6) is 0 Å². The topological polar surface area (TPSA) is 94.1 Å². The van der Waals surface area contributed by atoms with Gasteiger partial charge in [0, 0.05) is 59.7 Å². The number of terminal acetylenes is 1. The van der Waals surface area contributed by atoms with Crippen LogP contribution in [-0.2, 0) is 6.42 Å². The predicted molar refractivity (Wildman–Crippen MR) is 183 cm³/mol. The largest absolute Gasteiger partial charge is 0.398 e. The molecular weight excluding hydrogens is 616 g/mol. The summed E-state index contributed by atoms with van der Waals surface area (Å²) in [5.41, 5.74) is 7.81. The second-order valence-electron chi connectivity index (χ2n) is 13.3. The molecule has 3 fully saturated rings. The second-order valence-corrected chi connectivity index (χ2v) is 13.7. The van der Waals surface area contributed by atoms with Crippen molar-refractivity contribution >= 4 is 50.4 Å². The highest BCUT2D eigenvalue weighted by Gasteiger charge is 2.44. The van der Waals surface area contributed by atoms with Gasteiger partial charge in [0.05, 0.1) is 27.2 Å². The van der Waals surface area contributed by atoms with E-state index < -0.39 is 11.6 Å². The average Bonchev–Trinajstić information content (AvgIpc) is 3.61. The number of halogens is 3. The van der Waals surface area contributed by atoms with E-state index in [0.29, 0.717) is 59.5 Å². The van der Waals surface area contributed by atoms with Gasteiger partial charge in [-0.15, -0.1) is 6.42 Å². The summed E-state index contributed by atoms with van der Waals surface area (Å²) in [4.78, 5) is 14.9. The number of nitrogens with two attached hydrogens (primary N) is 1. The van der Waals surface area contributed by atoms with Gasteiger partial charge in [0.25, 0.3) is 0 Å². The van der Waals surface area contributed by atoms with Crippen molar-refractivity contribution in [3.8, 4) is 29.5 Å². The third kappa shape index (κ3) is 4.44. The van der Waals surface area contributed by atoms with Crippen LogP contribution in [-0.4, -0.2) is 59.2 Å². The van der Waals surface area contributed by atoms with Crippen LogP contribution in [0.2, 0.25) is 5.02 Å². The molecule has 0 radical (unpaired) electrons. The van der Waals surface area contributed by atoms with E-state index in [1.54, 1.807) is 6.07 Å². The summed E-state index contributed by atoms with van der Waals surface area (Å²) in [6.07, 6.45) is 12.5. The van der Waals surface area contributed by atoms with Crippen molar-refractivity contribution < 1.29 is 8.78 Å². The molecule has 1 atom stereocenters. The van der Waals surface area contributed by atoms with Crippen LogP contribution >= 0.6 is 11.6 Å². The molecule has 4 aromatic rings. The Kier molecular flexibility index (Phi) is 7.14. The first-order valence-corrected chi connectivity index (χ1v) is 16.7. The first-order valence-electron chi connectivity index (χ1n) is 16.3. The van der Waals surface area contributed by atoms with Crippen molar-refractivity contribution in [2.24, 2.45) is 0 Å². The Morgan fingerprint density at radius 2 is 1.89 bits per heavy atom. The molecule has 0 bridgehead atoms. The van der Waals surface area contributed by atoms with Gasteiger partial charge in [-0.1, -0.05) is 30.2 Å². The highest BCUT2D eigenvalue weighted by atomic mass is 35.5. The van der Waals surface area contributed by atoms with Gasteiger partial charge in [-0.05, 0) is 74.7 Å². The smallest absolute Gasteiger partial charge is 0.159 e. The molecule has 5 heterocycles. The lowest BCUT2D eigenvalue weighted by Gasteiger charge is -2.36. The van der Waals surface area contributed by atoms with Gasteiger partial charge in [0.1, 0.15) is 29.0 Å². The van der Waals surface area contributed by atoms with Gasteiger partial charge in [-0.2, -0.15) is 5.26 Å². The highest BCUT2D eigenvalue weighted by molar-refractivity contribution is 6.37. The summed E-state index contributed by atoms with van der Waals surface area (Å²) in [6.45, 7) is 8.81. The normalized spacial score (nSPS) is 20.2. The molecule has 0 saturated carbocycles. The SMILES string of the molecule is C#Cc1c(F)ccc2cc(N)c(C#N)c(-c3c(Cl)c4c5c(nc(CCC67CCCN6CCC7)nc5c3F)N3CCNC[C@H]3CC4=C)c12. The Bertz CT molecular complexity index is 2100. The zero-order valence-corrected chi connectivity index (χ0v) is 26.8. The maximum atomic E-state index is 17.5. The third-order valence-electron chi connectivity index (χ3n) is 10.9. The summed E-state index contributed by atoms with van der Waals surface area (Å²) in [6, 6.07) is 6.46. The minimum atomic E-state index is -0.725. The second kappa shape index (κ2) is 11.2. The summed E-state index contributed by atoms with van der Waals surface area (Å²) >= 11 is 7.27. The van der Waals surface area contributed by atoms with E-state index in [1.165, 1.54) is 25.0 Å². The fourth-order valence-corrected chi connectivity index (χ4v) is 9.20. The fraction of sp³-hybridized carbons (Fsp3) is 0.378. The molecule has 3 aromatic carbocycles. The van der Waals surface area contributed by atoms with Gasteiger partial charge in [-0.3, -0.25) is 4.90 Å². The third-order valence-corrected chi connectivity index (χ3v) is 11.3. The Morgan fingerprint density at radius 3 is 2.64 bits per heavy atom. The zero-order valence-electron chi connectivity index (χ0n) is 26.0. The lowest BCUT2D eigenvalue weighted by Crippen LogP contribution is -2.51. The first-order chi connectivity index (χ1) is 22.8. The Balaban J connectivity index is 1.44. The number of nitrogens with zero attached hydrogens (tertiary/aromatic N) is 5. The monoisotopic (exact) mass is 649 g/mol. The van der Waals surface area contributed by atoms with Gasteiger partial charge in [-0.25, -0.2) is 18.7 Å². The van der Waals surface area contributed by atoms with Crippen molar-refractivity contribution in [2.75, 3.05) is 43.4 Å². The molecule has 4 aliphatic rings. The van der Waals surface area contributed by atoms with Crippen LogP contribution in [0.15, 0.2) is 24.8 Å². The lowest BCUT2D eigenvalue weighted by atomic mass is 9.86. The highest BCUT2D eigenvalue weighted by Crippen LogP contribution is 2.50. The number of aromatic nitrogens is 2. The molecule has 47 heavy (non-hydrogen) atoms. The quantitative estimate of drug-likeness (QED) is 0.191. The summed E-state index contributed by atoms with van der Waals surface area (Å²) in [5.74, 6) is 2.24. The summed E-state index contributed by atoms with van der Waals surface area (Å²) in [7, 11) is 0. The van der Waals surface area contributed by atoms with Crippen molar-refractivity contribution in [2.45, 2.75) is 56.5 Å². The van der Waals surface area contributed by atoms with E-state index >= 15 is 8.78 Å². The number of nitriles is 1. The molecule has 3 saturated heterocycles. The van der Waals surface area contributed by atoms with Crippen molar-refractivity contribution in [3.05, 3.63) is 63.9 Å². The molecule has 238 valence electrons. The van der Waals surface area contributed by atoms with E-state index in [9.17, 15) is 5.26 Å². The number of nitrogens with one attached hydrogen (secondary N) is 1. The van der Waals surface area contributed by atoms with Crippen LogP contribution in [0.1, 0.15) is 61.0 Å². The molecule has 0 aliphatic carbocycles. The van der Waals surface area contributed by atoms with Crippen LogP contribution < -0.4 is 16.0 Å². The van der Waals surface area contributed by atoms with E-state index in [0.717, 1.165) is 38.9 Å². The van der Waals surface area contributed by atoms with Crippen LogP contribution in [0, 0.1) is 35.3 Å². The number of aryl methyl sites for hydroxylation is 1. The number of piperazine rings is 1. The van der Waals surface area contributed by atoms with E-state index in [2.05, 4.69) is 33.7 Å². The summed E-state index contributed by atoms with van der Waals surface area (Å²) < 4.78 is 32.8. The number of nitrogen functional groups attached to an aromatic ring is 1. The molecule has 3 N–H and O–H groups in total. The number of fused-ring (bicyclic) bond motifs is 4. The standard InChI is InChI=1S/C37H34ClF2N7/c1-3-23-25(39)7-6-21-17-26(42)24(18-41)30(29(21)23)31-33(38)28-20(2)16-22-19-43-12-15-47(22)36-32(28)35(34(31)40)44-27(45-36)8-11-37-9-4-13-46(37)14-5-10-37/h1,6-7,17,22,43H,2,4-5,8-16,19,42H2/t22-/m1/s1. The minimum Gasteiger partial charge on any atom is -0.398 e. The molecule has 8 rings (SSSR count). The molecule has 4 aliphatic heterocycles. The van der Waals surface area contributed by atoms with Gasteiger partial charge in [0.15, 0.2) is 5.82 Å². The van der Waals surface area contributed by atoms with E-state index in [-0.39, 0.29) is 55.4 Å². The van der Waals surface area contributed by atoms with Gasteiger partial charge in [0.2, 0.25) is 0 Å². The van der Waals surface area contributed by atoms with E-state index in [1.807, 2.05) is 0 Å². The number of rotatable bonds is 4. The van der Waals surface area contributed by atoms with Crippen molar-refractivity contribution in [1.82, 2.24) is 20.2 Å². The predicted octanol–water partition coefficient (Wildman–Crippen LogP) is 6.57. The zero-order chi connectivity index (χ0) is 32.6. The molecule has 10 heteroatoms. The van der Waals surface area contributed by atoms with Crippen LogP contribution in [0.25, 0.3) is 38.4 Å². The van der Waals surface area contributed by atoms with Crippen LogP contribution in [0.4, 0.5) is 20.3 Å². The van der Waals surface area contributed by atoms with Gasteiger partial charge >= 0.3 is 0 Å². The minimum absolute atomic E-state index is 0.0286. The van der Waals surface area contributed by atoms with Crippen molar-refractivity contribution in [1.29, 1.82) is 5.26 Å². The van der Waals surface area contributed by atoms with E-state index in [4.69, 9.17) is 33.7 Å². The molecule has 0 unspecified atom stereocenters. The van der Waals surface area contributed by atoms with Crippen molar-refractivity contribution in [3.63, 3.8) is 0 Å². The molecular formula is C37H34ClF2N7. The molecule has 0 amide bonds. The van der Waals surface area contributed by atoms with Crippen LogP contribution in [0.3, 0.4) is 0 Å². The first kappa shape index (κ1) is 30.1. The summed E-state index contributed by atoms with van der Waals surface area (Å²) in [5, 5.41) is 15.0. The maximum absolute atomic E-state index is 17.5. The number of hydrogen-bond acceptors (Lipinski definition) is 7. The number of hydrogen-bond donors (Lipinski definition) is 2. The number of anilines is 2. The Labute approximate surface area is 277 Å². The maximum Gasteiger partial charge on any atom is 0.159 e. The lowest BCUT2D eigenvalue weighted by molar-refractivity contribution is 0.182. The fourth-order valence-electron chi connectivity index (χ4n) is 8.79. The molecule has 1 aromatic heterocycles. The number of benzene rings is 3. The Hall–Kier alpha value is -4.28. The van der Waals surface area contributed by atoms with Gasteiger partial charge < -0.3 is 16.0 Å².